The van der Waals surface area contributed by atoms with E-state index in [-0.39, 0.29) is 0 Å². The van der Waals surface area contributed by atoms with Crippen molar-refractivity contribution in [2.75, 3.05) is 19.8 Å². The molecule has 0 aromatic heterocycles. The van der Waals surface area contributed by atoms with Gasteiger partial charge >= 0.3 is 6.09 Å². The number of rotatable bonds is 2. The number of carbonyl (C=O) groups is 1. The topological polar surface area (TPSA) is 29.5 Å². The van der Waals surface area contributed by atoms with Crippen LogP contribution in [0.4, 0.5) is 9.18 Å². The lowest BCUT2D eigenvalue weighted by atomic mass is 10.4. The lowest BCUT2D eigenvalue weighted by Crippen LogP contribution is -2.24. The summed E-state index contributed by atoms with van der Waals surface area (Å²) in [7, 11) is 0. The second-order valence-electron chi connectivity index (χ2n) is 2.20. The second-order valence-corrected chi connectivity index (χ2v) is 2.20. The van der Waals surface area contributed by atoms with Gasteiger partial charge in [0.2, 0.25) is 0 Å². The molecule has 1 fully saturated rings. The van der Waals surface area contributed by atoms with Gasteiger partial charge in [-0.05, 0) is 6.92 Å². The van der Waals surface area contributed by atoms with Crippen molar-refractivity contribution in [3.8, 4) is 0 Å². The Morgan fingerprint density at radius 2 is 2.60 bits per heavy atom. The van der Waals surface area contributed by atoms with Gasteiger partial charge in [-0.15, -0.1) is 0 Å². The molecule has 0 aliphatic carbocycles. The molecule has 0 aromatic carbocycles. The molecule has 0 spiro atoms. The van der Waals surface area contributed by atoms with Crippen molar-refractivity contribution in [3.05, 3.63) is 0 Å². The Labute approximate surface area is 58.8 Å². The van der Waals surface area contributed by atoms with Crippen LogP contribution in [-0.2, 0) is 4.74 Å². The molecule has 1 atom stereocenters. The Morgan fingerprint density at radius 1 is 1.90 bits per heavy atom. The summed E-state index contributed by atoms with van der Waals surface area (Å²) in [5, 5.41) is 0. The van der Waals surface area contributed by atoms with Gasteiger partial charge in [-0.2, -0.15) is 0 Å². The molecule has 1 aliphatic heterocycles. The first-order valence-electron chi connectivity index (χ1n) is 3.29. The Kier molecular flexibility index (Phi) is 2.09. The Balaban J connectivity index is 2.44. The van der Waals surface area contributed by atoms with E-state index in [1.165, 1.54) is 4.90 Å². The highest BCUT2D eigenvalue weighted by molar-refractivity contribution is 5.69. The predicted molar refractivity (Wildman–Crippen MR) is 33.5 cm³/mol. The van der Waals surface area contributed by atoms with Crippen molar-refractivity contribution in [1.82, 2.24) is 4.90 Å². The molecular weight excluding hydrogens is 137 g/mol. The van der Waals surface area contributed by atoms with E-state index < -0.39 is 18.9 Å². The monoisotopic (exact) mass is 147 g/mol. The lowest BCUT2D eigenvalue weighted by molar-refractivity contribution is 0.120. The number of likely N-dealkylation sites (N-methyl/N-ethyl adjacent to an activating group) is 1. The summed E-state index contributed by atoms with van der Waals surface area (Å²) < 4.78 is 16.5. The quantitative estimate of drug-likeness (QED) is 0.578. The lowest BCUT2D eigenvalue weighted by Gasteiger charge is -2.06. The highest BCUT2D eigenvalue weighted by atomic mass is 19.1. The second kappa shape index (κ2) is 2.86. The Hall–Kier alpha value is -0.800. The maximum absolute atomic E-state index is 11.9. The molecule has 0 bridgehead atoms. The maximum atomic E-state index is 11.9. The first-order valence-corrected chi connectivity index (χ1v) is 3.29. The fourth-order valence-electron chi connectivity index (χ4n) is 0.913. The first-order chi connectivity index (χ1) is 4.77. The summed E-state index contributed by atoms with van der Waals surface area (Å²) in [6.45, 7) is 2.24. The van der Waals surface area contributed by atoms with Gasteiger partial charge in [0.15, 0.2) is 0 Å². The van der Waals surface area contributed by atoms with Crippen molar-refractivity contribution in [2.45, 2.75) is 13.0 Å². The summed E-state index contributed by atoms with van der Waals surface area (Å²) >= 11 is 0. The third kappa shape index (κ3) is 1.20. The molecule has 0 N–H and O–H groups in total. The standard InChI is InChI=1S/C6H10FNO2/c1-2-8-4-5(3-7)10-6(8)9/h5H,2-4H2,1H3. The number of amides is 1. The summed E-state index contributed by atoms with van der Waals surface area (Å²) in [4.78, 5) is 12.2. The average Bonchev–Trinajstić information content (AvgIpc) is 2.30. The first kappa shape index (κ1) is 7.31. The molecule has 1 heterocycles. The molecule has 0 radical (unpaired) electrons. The van der Waals surface area contributed by atoms with Crippen molar-refractivity contribution in [2.24, 2.45) is 0 Å². The SMILES string of the molecule is CCN1CC(CF)OC1=O. The predicted octanol–water partition coefficient (Wildman–Crippen LogP) is 0.797. The zero-order valence-electron chi connectivity index (χ0n) is 5.84. The Bertz CT molecular complexity index is 140. The largest absolute Gasteiger partial charge is 0.441 e. The minimum Gasteiger partial charge on any atom is -0.441 e. The van der Waals surface area contributed by atoms with Crippen LogP contribution in [0.5, 0.6) is 0 Å². The molecule has 0 aromatic rings. The van der Waals surface area contributed by atoms with E-state index in [2.05, 4.69) is 4.74 Å². The van der Waals surface area contributed by atoms with Crippen molar-refractivity contribution < 1.29 is 13.9 Å². The van der Waals surface area contributed by atoms with Gasteiger partial charge < -0.3 is 9.64 Å². The number of cyclic esters (lactones) is 1. The van der Waals surface area contributed by atoms with E-state index in [9.17, 15) is 9.18 Å². The van der Waals surface area contributed by atoms with Crippen molar-refractivity contribution in [3.63, 3.8) is 0 Å². The number of nitrogens with zero attached hydrogens (tertiary/aromatic N) is 1. The normalized spacial score (nSPS) is 25.2. The molecule has 0 saturated carbocycles. The summed E-state index contributed by atoms with van der Waals surface area (Å²) in [5.41, 5.74) is 0. The van der Waals surface area contributed by atoms with Crippen LogP contribution >= 0.6 is 0 Å². The molecular formula is C6H10FNO2. The van der Waals surface area contributed by atoms with E-state index >= 15 is 0 Å². The highest BCUT2D eigenvalue weighted by Gasteiger charge is 2.29. The summed E-state index contributed by atoms with van der Waals surface area (Å²) in [5.74, 6) is 0. The van der Waals surface area contributed by atoms with Crippen LogP contribution < -0.4 is 0 Å². The van der Waals surface area contributed by atoms with Crippen LogP contribution in [-0.4, -0.2) is 36.9 Å². The number of alkyl halides is 1. The Morgan fingerprint density at radius 3 is 2.90 bits per heavy atom. The van der Waals surface area contributed by atoms with Crippen LogP contribution in [0.1, 0.15) is 6.92 Å². The molecule has 1 aliphatic rings. The van der Waals surface area contributed by atoms with Crippen LogP contribution in [0.2, 0.25) is 0 Å². The number of hydrogen-bond acceptors (Lipinski definition) is 2. The summed E-state index contributed by atoms with van der Waals surface area (Å²) in [6.07, 6.45) is -0.933. The zero-order valence-corrected chi connectivity index (χ0v) is 5.84. The number of carbonyl (C=O) groups excluding carboxylic acids is 1. The van der Waals surface area contributed by atoms with Crippen molar-refractivity contribution in [1.29, 1.82) is 0 Å². The molecule has 1 rings (SSSR count). The van der Waals surface area contributed by atoms with Gasteiger partial charge in [-0.25, -0.2) is 9.18 Å². The maximum Gasteiger partial charge on any atom is 0.410 e. The fraction of sp³-hybridized carbons (Fsp3) is 0.833. The van der Waals surface area contributed by atoms with Gasteiger partial charge in [0.25, 0.3) is 0 Å². The van der Waals surface area contributed by atoms with Gasteiger partial charge in [0.1, 0.15) is 12.8 Å². The van der Waals surface area contributed by atoms with E-state index in [1.807, 2.05) is 6.92 Å². The average molecular weight is 147 g/mol. The third-order valence-electron chi connectivity index (χ3n) is 1.50. The molecule has 1 unspecified atom stereocenters. The third-order valence-corrected chi connectivity index (χ3v) is 1.50. The number of halogens is 1. The number of ether oxygens (including phenoxy) is 1. The fourth-order valence-corrected chi connectivity index (χ4v) is 0.913. The van der Waals surface area contributed by atoms with Crippen LogP contribution in [0.3, 0.4) is 0 Å². The summed E-state index contributed by atoms with van der Waals surface area (Å²) in [6, 6.07) is 0. The van der Waals surface area contributed by atoms with E-state index in [0.717, 1.165) is 0 Å². The zero-order chi connectivity index (χ0) is 7.56. The molecule has 1 saturated heterocycles. The van der Waals surface area contributed by atoms with E-state index in [4.69, 9.17) is 0 Å². The molecule has 1 amide bonds. The van der Waals surface area contributed by atoms with E-state index in [0.29, 0.717) is 13.1 Å². The van der Waals surface area contributed by atoms with Gasteiger partial charge in [0.05, 0.1) is 6.54 Å². The van der Waals surface area contributed by atoms with Crippen LogP contribution in [0.15, 0.2) is 0 Å². The molecule has 3 nitrogen and oxygen atoms in total. The van der Waals surface area contributed by atoms with E-state index in [1.54, 1.807) is 0 Å². The minimum atomic E-state index is -0.581. The molecule has 58 valence electrons. The van der Waals surface area contributed by atoms with Gasteiger partial charge in [-0.1, -0.05) is 0 Å². The van der Waals surface area contributed by atoms with Gasteiger partial charge in [-0.3, -0.25) is 0 Å². The molecule has 4 heteroatoms. The van der Waals surface area contributed by atoms with Crippen LogP contribution in [0, 0.1) is 0 Å². The van der Waals surface area contributed by atoms with Crippen molar-refractivity contribution >= 4 is 6.09 Å². The van der Waals surface area contributed by atoms with Gasteiger partial charge in [0, 0.05) is 6.54 Å². The smallest absolute Gasteiger partial charge is 0.410 e. The number of hydrogen-bond donors (Lipinski definition) is 0. The van der Waals surface area contributed by atoms with Crippen LogP contribution in [0.25, 0.3) is 0 Å². The highest BCUT2D eigenvalue weighted by Crippen LogP contribution is 2.10. The minimum absolute atomic E-state index is 0.395. The molecule has 10 heavy (non-hydrogen) atoms.